The molecule has 0 aliphatic heterocycles. The molecule has 6 nitrogen and oxygen atoms in total. The van der Waals surface area contributed by atoms with Gasteiger partial charge in [0.15, 0.2) is 0 Å². The topological polar surface area (TPSA) is 87.1 Å². The fourth-order valence-electron chi connectivity index (χ4n) is 0.820. The zero-order valence-electron chi connectivity index (χ0n) is 8.71. The fraction of sp³-hybridized carbons (Fsp3) is 1.00. The summed E-state index contributed by atoms with van der Waals surface area (Å²) in [6, 6.07) is 0. The standard InChI is InChI=1S/C7H15Cl2NO5S/c1-10(16(12,13)14)3-7(11)5-15-4-6(9)2-8/h6-7,11H,2-5H2,1H3,(H,12,13,14)/t6-,7-/m1/s1. The molecule has 0 aliphatic rings. The summed E-state index contributed by atoms with van der Waals surface area (Å²) in [7, 11) is -3.13. The molecule has 0 rings (SSSR count). The molecule has 0 heterocycles. The van der Waals surface area contributed by atoms with E-state index in [0.717, 1.165) is 7.05 Å². The SMILES string of the molecule is CN(C[C@@H](O)COC[C@H](Cl)CCl)S(=O)(=O)O. The Hall–Kier alpha value is 0.370. The maximum absolute atomic E-state index is 10.6. The molecule has 0 aliphatic carbocycles. The fourth-order valence-corrected chi connectivity index (χ4v) is 1.36. The van der Waals surface area contributed by atoms with Gasteiger partial charge in [0.2, 0.25) is 0 Å². The molecule has 0 aromatic rings. The number of nitrogens with zero attached hydrogens (tertiary/aromatic N) is 1. The minimum atomic E-state index is -4.27. The molecule has 0 radical (unpaired) electrons. The van der Waals surface area contributed by atoms with Crippen molar-refractivity contribution >= 4 is 33.5 Å². The Balaban J connectivity index is 3.79. The summed E-state index contributed by atoms with van der Waals surface area (Å²) < 4.78 is 35.4. The molecule has 2 atom stereocenters. The van der Waals surface area contributed by atoms with Gasteiger partial charge in [-0.25, -0.2) is 0 Å². The molecule has 0 spiro atoms. The van der Waals surface area contributed by atoms with Crippen LogP contribution in [-0.2, 0) is 15.0 Å². The zero-order chi connectivity index (χ0) is 12.8. The van der Waals surface area contributed by atoms with E-state index in [0.29, 0.717) is 4.31 Å². The number of aliphatic hydroxyl groups excluding tert-OH is 1. The number of ether oxygens (including phenoxy) is 1. The van der Waals surface area contributed by atoms with Crippen molar-refractivity contribution in [3.8, 4) is 0 Å². The highest BCUT2D eigenvalue weighted by molar-refractivity contribution is 7.83. The average Bonchev–Trinajstić information content (AvgIpc) is 2.15. The van der Waals surface area contributed by atoms with Gasteiger partial charge in [0.05, 0.1) is 24.7 Å². The van der Waals surface area contributed by atoms with Crippen LogP contribution in [0.3, 0.4) is 0 Å². The number of hydrogen-bond acceptors (Lipinski definition) is 4. The van der Waals surface area contributed by atoms with E-state index in [9.17, 15) is 13.5 Å². The van der Waals surface area contributed by atoms with Gasteiger partial charge in [-0.05, 0) is 0 Å². The summed E-state index contributed by atoms with van der Waals surface area (Å²) >= 11 is 11.1. The van der Waals surface area contributed by atoms with Crippen LogP contribution in [0.4, 0.5) is 0 Å². The van der Waals surface area contributed by atoms with Crippen molar-refractivity contribution in [1.82, 2.24) is 4.31 Å². The lowest BCUT2D eigenvalue weighted by Gasteiger charge is -2.17. The van der Waals surface area contributed by atoms with Gasteiger partial charge in [0.1, 0.15) is 0 Å². The van der Waals surface area contributed by atoms with Crippen molar-refractivity contribution in [1.29, 1.82) is 0 Å². The van der Waals surface area contributed by atoms with Crippen LogP contribution in [0.15, 0.2) is 0 Å². The van der Waals surface area contributed by atoms with Gasteiger partial charge in [0.25, 0.3) is 0 Å². The molecule has 16 heavy (non-hydrogen) atoms. The molecule has 0 aromatic heterocycles. The highest BCUT2D eigenvalue weighted by Crippen LogP contribution is 2.01. The molecule has 98 valence electrons. The minimum absolute atomic E-state index is 0.0834. The van der Waals surface area contributed by atoms with E-state index < -0.39 is 16.4 Å². The molecule has 0 saturated heterocycles. The predicted molar refractivity (Wildman–Crippen MR) is 61.4 cm³/mol. The molecule has 0 bridgehead atoms. The second-order valence-corrected chi connectivity index (χ2v) is 5.65. The summed E-state index contributed by atoms with van der Waals surface area (Å²) in [5, 5.41) is 9.00. The number of likely N-dealkylation sites (N-methyl/N-ethyl adjacent to an activating group) is 1. The van der Waals surface area contributed by atoms with Crippen molar-refractivity contribution in [3.05, 3.63) is 0 Å². The minimum Gasteiger partial charge on any atom is -0.389 e. The maximum atomic E-state index is 10.6. The summed E-state index contributed by atoms with van der Waals surface area (Å²) in [5.74, 6) is 0.225. The normalized spacial score (nSPS) is 16.4. The molecular weight excluding hydrogens is 281 g/mol. The van der Waals surface area contributed by atoms with Gasteiger partial charge in [-0.3, -0.25) is 4.55 Å². The van der Waals surface area contributed by atoms with E-state index in [1.54, 1.807) is 0 Å². The first-order valence-corrected chi connectivity index (χ1v) is 6.78. The maximum Gasteiger partial charge on any atom is 0.335 e. The first-order valence-electron chi connectivity index (χ1n) is 4.42. The van der Waals surface area contributed by atoms with Crippen LogP contribution in [-0.4, -0.2) is 66.5 Å². The highest BCUT2D eigenvalue weighted by Gasteiger charge is 2.17. The van der Waals surface area contributed by atoms with Gasteiger partial charge in [0, 0.05) is 19.5 Å². The highest BCUT2D eigenvalue weighted by atomic mass is 35.5. The largest absolute Gasteiger partial charge is 0.389 e. The third kappa shape index (κ3) is 7.61. The Morgan fingerprint density at radius 1 is 1.44 bits per heavy atom. The van der Waals surface area contributed by atoms with E-state index in [1.807, 2.05) is 0 Å². The molecule has 0 unspecified atom stereocenters. The number of hydrogen-bond donors (Lipinski definition) is 2. The molecule has 0 aromatic carbocycles. The third-order valence-electron chi connectivity index (χ3n) is 1.64. The van der Waals surface area contributed by atoms with Crippen molar-refractivity contribution in [2.24, 2.45) is 0 Å². The zero-order valence-corrected chi connectivity index (χ0v) is 11.0. The van der Waals surface area contributed by atoms with Gasteiger partial charge >= 0.3 is 10.3 Å². The van der Waals surface area contributed by atoms with E-state index in [2.05, 4.69) is 0 Å². The average molecular weight is 296 g/mol. The second-order valence-electron chi connectivity index (χ2n) is 3.20. The number of rotatable bonds is 8. The van der Waals surface area contributed by atoms with Crippen LogP contribution in [0.2, 0.25) is 0 Å². The number of halogens is 2. The first kappa shape index (κ1) is 16.4. The van der Waals surface area contributed by atoms with Crippen molar-refractivity contribution in [3.63, 3.8) is 0 Å². The Kier molecular flexibility index (Phi) is 7.83. The van der Waals surface area contributed by atoms with E-state index in [4.69, 9.17) is 32.5 Å². The van der Waals surface area contributed by atoms with Gasteiger partial charge < -0.3 is 9.84 Å². The van der Waals surface area contributed by atoms with Gasteiger partial charge in [-0.2, -0.15) is 12.7 Å². The Morgan fingerprint density at radius 3 is 2.44 bits per heavy atom. The lowest BCUT2D eigenvalue weighted by molar-refractivity contribution is 0.0305. The summed E-state index contributed by atoms with van der Waals surface area (Å²) in [6.07, 6.45) is -1.04. The molecule has 2 N–H and O–H groups in total. The van der Waals surface area contributed by atoms with Crippen LogP contribution in [0.1, 0.15) is 0 Å². The first-order chi connectivity index (χ1) is 7.27. The summed E-state index contributed by atoms with van der Waals surface area (Å²) in [4.78, 5) is 0. The van der Waals surface area contributed by atoms with Gasteiger partial charge in [-0.15, -0.1) is 23.2 Å². The number of aliphatic hydroxyl groups is 1. The van der Waals surface area contributed by atoms with Crippen LogP contribution < -0.4 is 0 Å². The van der Waals surface area contributed by atoms with Crippen LogP contribution in [0.25, 0.3) is 0 Å². The molecule has 0 saturated carbocycles. The monoisotopic (exact) mass is 295 g/mol. The third-order valence-corrected chi connectivity index (χ3v) is 3.39. The number of alkyl halides is 2. The molecule has 9 heteroatoms. The molecular formula is C7H15Cl2NO5S. The smallest absolute Gasteiger partial charge is 0.335 e. The van der Waals surface area contributed by atoms with Gasteiger partial charge in [-0.1, -0.05) is 0 Å². The lowest BCUT2D eigenvalue weighted by Crippen LogP contribution is -2.36. The second kappa shape index (κ2) is 7.65. The summed E-state index contributed by atoms with van der Waals surface area (Å²) in [5.41, 5.74) is 0. The Morgan fingerprint density at radius 2 is 2.00 bits per heavy atom. The quantitative estimate of drug-likeness (QED) is 0.484. The van der Waals surface area contributed by atoms with E-state index in [-0.39, 0.29) is 31.0 Å². The molecule has 0 fully saturated rings. The van der Waals surface area contributed by atoms with E-state index >= 15 is 0 Å². The Bertz CT molecular complexity index is 287. The van der Waals surface area contributed by atoms with Crippen LogP contribution in [0, 0.1) is 0 Å². The van der Waals surface area contributed by atoms with E-state index in [1.165, 1.54) is 0 Å². The summed E-state index contributed by atoms with van der Waals surface area (Å²) in [6.45, 7) is -0.176. The van der Waals surface area contributed by atoms with Crippen LogP contribution >= 0.6 is 23.2 Å². The van der Waals surface area contributed by atoms with Crippen molar-refractivity contribution in [2.75, 3.05) is 32.7 Å². The molecule has 0 amide bonds. The van der Waals surface area contributed by atoms with Crippen LogP contribution in [0.5, 0.6) is 0 Å². The lowest BCUT2D eigenvalue weighted by atomic mass is 10.4. The van der Waals surface area contributed by atoms with Crippen molar-refractivity contribution < 1.29 is 22.8 Å². The Labute approximate surface area is 105 Å². The van der Waals surface area contributed by atoms with Crippen molar-refractivity contribution in [2.45, 2.75) is 11.5 Å². The predicted octanol–water partition coefficient (Wildman–Crippen LogP) is -0.0553.